The quantitative estimate of drug-likeness (QED) is 0.558. The number of rotatable bonds is 5. The summed E-state index contributed by atoms with van der Waals surface area (Å²) in [5, 5.41) is 4.98. The van der Waals surface area contributed by atoms with Gasteiger partial charge in [0.1, 0.15) is 5.75 Å². The highest BCUT2D eigenvalue weighted by Gasteiger charge is 2.13. The maximum atomic E-state index is 12.6. The van der Waals surface area contributed by atoms with Crippen LogP contribution < -0.4 is 10.1 Å². The number of imidazole rings is 1. The molecular formula is C20H17N3O2S. The summed E-state index contributed by atoms with van der Waals surface area (Å²) in [5.41, 5.74) is 3.04. The molecule has 5 nitrogen and oxygen atoms in total. The standard InChI is InChI=1S/C20H17N3O2S/c1-2-25-15-9-7-14(8-10-15)19(24)21-17-6-4-3-5-16(17)18-13-23-11-12-26-20(23)22-18/h3-13H,2H2,1H3,(H,21,24). The molecule has 1 amide bonds. The number of ether oxygens (including phenoxy) is 1. The van der Waals surface area contributed by atoms with Gasteiger partial charge in [-0.05, 0) is 37.3 Å². The molecule has 26 heavy (non-hydrogen) atoms. The van der Waals surface area contributed by atoms with Gasteiger partial charge in [0.2, 0.25) is 0 Å². The van der Waals surface area contributed by atoms with Crippen molar-refractivity contribution in [2.45, 2.75) is 6.92 Å². The van der Waals surface area contributed by atoms with Crippen LogP contribution in [0.3, 0.4) is 0 Å². The summed E-state index contributed by atoms with van der Waals surface area (Å²) >= 11 is 1.58. The number of nitrogens with zero attached hydrogens (tertiary/aromatic N) is 2. The number of hydrogen-bond donors (Lipinski definition) is 1. The number of carbonyl (C=O) groups excluding carboxylic acids is 1. The molecular weight excluding hydrogens is 346 g/mol. The van der Waals surface area contributed by atoms with Gasteiger partial charge in [0.25, 0.3) is 5.91 Å². The van der Waals surface area contributed by atoms with Gasteiger partial charge < -0.3 is 10.1 Å². The predicted molar refractivity (Wildman–Crippen MR) is 104 cm³/mol. The van der Waals surface area contributed by atoms with Crippen LogP contribution in [0.15, 0.2) is 66.3 Å². The second-order valence-corrected chi connectivity index (χ2v) is 6.55. The smallest absolute Gasteiger partial charge is 0.255 e. The number of fused-ring (bicyclic) bond motifs is 1. The molecule has 0 spiro atoms. The summed E-state index contributed by atoms with van der Waals surface area (Å²) in [6, 6.07) is 14.8. The van der Waals surface area contributed by atoms with E-state index in [9.17, 15) is 4.79 Å². The number of aromatic nitrogens is 2. The van der Waals surface area contributed by atoms with E-state index < -0.39 is 0 Å². The fourth-order valence-corrected chi connectivity index (χ4v) is 3.44. The SMILES string of the molecule is CCOc1ccc(C(=O)Nc2ccccc2-c2cn3ccsc3n2)cc1. The van der Waals surface area contributed by atoms with Crippen molar-refractivity contribution in [2.75, 3.05) is 11.9 Å². The Hall–Kier alpha value is -3.12. The number of nitrogens with one attached hydrogen (secondary N) is 1. The molecule has 0 radical (unpaired) electrons. The first-order valence-corrected chi connectivity index (χ1v) is 9.18. The predicted octanol–water partition coefficient (Wildman–Crippen LogP) is 4.71. The molecule has 2 aromatic carbocycles. The normalized spacial score (nSPS) is 10.8. The van der Waals surface area contributed by atoms with Crippen LogP contribution in [0, 0.1) is 0 Å². The molecule has 1 N–H and O–H groups in total. The molecule has 0 atom stereocenters. The minimum atomic E-state index is -0.165. The molecule has 0 bridgehead atoms. The largest absolute Gasteiger partial charge is 0.494 e. The van der Waals surface area contributed by atoms with Crippen molar-refractivity contribution in [1.29, 1.82) is 0 Å². The third kappa shape index (κ3) is 3.19. The maximum absolute atomic E-state index is 12.6. The van der Waals surface area contributed by atoms with Crippen molar-refractivity contribution >= 4 is 27.9 Å². The van der Waals surface area contributed by atoms with E-state index in [1.54, 1.807) is 35.6 Å². The second kappa shape index (κ2) is 7.01. The van der Waals surface area contributed by atoms with Crippen LogP contribution in [0.1, 0.15) is 17.3 Å². The lowest BCUT2D eigenvalue weighted by Gasteiger charge is -2.10. The maximum Gasteiger partial charge on any atom is 0.255 e. The van der Waals surface area contributed by atoms with Crippen LogP contribution in [0.25, 0.3) is 16.2 Å². The van der Waals surface area contributed by atoms with Crippen LogP contribution in [0.5, 0.6) is 5.75 Å². The van der Waals surface area contributed by atoms with Crippen molar-refractivity contribution in [3.63, 3.8) is 0 Å². The van der Waals surface area contributed by atoms with Gasteiger partial charge >= 0.3 is 0 Å². The Bertz CT molecular complexity index is 1020. The van der Waals surface area contributed by atoms with Crippen molar-refractivity contribution < 1.29 is 9.53 Å². The molecule has 4 rings (SSSR count). The Balaban J connectivity index is 1.60. The summed E-state index contributed by atoms with van der Waals surface area (Å²) in [5.74, 6) is 0.587. The number of para-hydroxylation sites is 1. The van der Waals surface area contributed by atoms with Crippen LogP contribution in [0.2, 0.25) is 0 Å². The van der Waals surface area contributed by atoms with Gasteiger partial charge in [0.15, 0.2) is 4.96 Å². The third-order valence-electron chi connectivity index (χ3n) is 3.97. The number of anilines is 1. The zero-order valence-corrected chi connectivity index (χ0v) is 15.0. The van der Waals surface area contributed by atoms with E-state index in [-0.39, 0.29) is 5.91 Å². The Labute approximate surface area is 154 Å². The average molecular weight is 363 g/mol. The highest BCUT2D eigenvalue weighted by molar-refractivity contribution is 7.15. The van der Waals surface area contributed by atoms with Gasteiger partial charge in [-0.15, -0.1) is 11.3 Å². The van der Waals surface area contributed by atoms with Gasteiger partial charge in [-0.3, -0.25) is 9.20 Å². The average Bonchev–Trinajstić information content (AvgIpc) is 3.25. The summed E-state index contributed by atoms with van der Waals surface area (Å²) in [4.78, 5) is 18.2. The fraction of sp³-hybridized carbons (Fsp3) is 0.100. The Morgan fingerprint density at radius 1 is 1.19 bits per heavy atom. The zero-order chi connectivity index (χ0) is 17.9. The highest BCUT2D eigenvalue weighted by Crippen LogP contribution is 2.29. The van der Waals surface area contributed by atoms with Crippen LogP contribution >= 0.6 is 11.3 Å². The van der Waals surface area contributed by atoms with Gasteiger partial charge in [-0.1, -0.05) is 18.2 Å². The second-order valence-electron chi connectivity index (χ2n) is 5.68. The van der Waals surface area contributed by atoms with E-state index in [1.165, 1.54) is 0 Å². The first kappa shape index (κ1) is 16.4. The molecule has 0 saturated carbocycles. The fourth-order valence-electron chi connectivity index (χ4n) is 2.74. The molecule has 2 aromatic heterocycles. The van der Waals surface area contributed by atoms with Crippen LogP contribution in [0.4, 0.5) is 5.69 Å². The van der Waals surface area contributed by atoms with Crippen molar-refractivity contribution in [2.24, 2.45) is 0 Å². The summed E-state index contributed by atoms with van der Waals surface area (Å²) in [6.45, 7) is 2.53. The summed E-state index contributed by atoms with van der Waals surface area (Å²) < 4.78 is 7.39. The van der Waals surface area contributed by atoms with E-state index in [4.69, 9.17) is 4.74 Å². The molecule has 6 heteroatoms. The Morgan fingerprint density at radius 2 is 2.00 bits per heavy atom. The number of thiazole rings is 1. The first-order chi connectivity index (χ1) is 12.7. The molecule has 0 fully saturated rings. The molecule has 0 aliphatic carbocycles. The third-order valence-corrected chi connectivity index (χ3v) is 4.74. The van der Waals surface area contributed by atoms with Crippen LogP contribution in [-0.2, 0) is 0 Å². The van der Waals surface area contributed by atoms with Gasteiger partial charge in [-0.25, -0.2) is 4.98 Å². The number of amides is 1. The summed E-state index contributed by atoms with van der Waals surface area (Å²) in [6.07, 6.45) is 3.94. The first-order valence-electron chi connectivity index (χ1n) is 8.30. The lowest BCUT2D eigenvalue weighted by molar-refractivity contribution is 0.102. The number of benzene rings is 2. The molecule has 0 unspecified atom stereocenters. The van der Waals surface area contributed by atoms with E-state index in [2.05, 4.69) is 10.3 Å². The Kier molecular flexibility index (Phi) is 4.41. The molecule has 0 saturated heterocycles. The zero-order valence-electron chi connectivity index (χ0n) is 14.2. The lowest BCUT2D eigenvalue weighted by atomic mass is 10.1. The van der Waals surface area contributed by atoms with Crippen molar-refractivity contribution in [1.82, 2.24) is 9.38 Å². The highest BCUT2D eigenvalue weighted by atomic mass is 32.1. The Morgan fingerprint density at radius 3 is 2.77 bits per heavy atom. The number of carbonyl (C=O) groups is 1. The van der Waals surface area contributed by atoms with Gasteiger partial charge in [-0.2, -0.15) is 0 Å². The van der Waals surface area contributed by atoms with Crippen molar-refractivity contribution in [3.05, 3.63) is 71.9 Å². The van der Waals surface area contributed by atoms with Gasteiger partial charge in [0.05, 0.1) is 18.0 Å². The van der Waals surface area contributed by atoms with Crippen molar-refractivity contribution in [3.8, 4) is 17.0 Å². The number of hydrogen-bond acceptors (Lipinski definition) is 4. The lowest BCUT2D eigenvalue weighted by Crippen LogP contribution is -2.12. The van der Waals surface area contributed by atoms with Crippen LogP contribution in [-0.4, -0.2) is 21.9 Å². The minimum absolute atomic E-state index is 0.165. The van der Waals surface area contributed by atoms with Gasteiger partial charge in [0, 0.05) is 28.9 Å². The molecule has 0 aliphatic heterocycles. The topological polar surface area (TPSA) is 55.6 Å². The summed E-state index contributed by atoms with van der Waals surface area (Å²) in [7, 11) is 0. The minimum Gasteiger partial charge on any atom is -0.494 e. The molecule has 0 aliphatic rings. The van der Waals surface area contributed by atoms with E-state index in [1.807, 2.05) is 53.4 Å². The monoisotopic (exact) mass is 363 g/mol. The molecule has 4 aromatic rings. The molecule has 2 heterocycles. The van der Waals surface area contributed by atoms with E-state index in [0.29, 0.717) is 12.2 Å². The van der Waals surface area contributed by atoms with E-state index >= 15 is 0 Å². The van der Waals surface area contributed by atoms with E-state index in [0.717, 1.165) is 27.7 Å². The molecule has 130 valence electrons.